The summed E-state index contributed by atoms with van der Waals surface area (Å²) in [5.41, 5.74) is 23.6. The van der Waals surface area contributed by atoms with Gasteiger partial charge in [0.1, 0.15) is 0 Å². The third kappa shape index (κ3) is 11.1. The normalized spacial score (nSPS) is 18.6. The second kappa shape index (κ2) is 30.9. The predicted octanol–water partition coefficient (Wildman–Crippen LogP) is 27.3. The van der Waals surface area contributed by atoms with E-state index in [1.807, 2.05) is 55.4 Å². The first-order valence-electron chi connectivity index (χ1n) is 35.8. The summed E-state index contributed by atoms with van der Waals surface area (Å²) in [7, 11) is 0. The molecule has 0 amide bonds. The Balaban J connectivity index is 0.000000171. The SMILES string of the molecule is CC.CC.CC.CC.CCC.CCC.CCC.CCC.c1ccc2c(c1)-c1c(ccc3ccccc13)C21c2ccccc2C2Cc3c(ccc4ccccc34)C21.c1ccc2c(c1)-c1c(ccc3ccccc13)C21c2ccccc2C2Cc3cc4ccccc4cc3C21. The number of hydrogen-bond donors (Lipinski definition) is 0. The van der Waals surface area contributed by atoms with E-state index in [1.165, 1.54) is 130 Å². The molecule has 0 fully saturated rings. The standard InChI is InChI=1S/2C36H24.4C3H8.4C2H6/c1-3-11-24-22(9-1)17-19-27-29(24)21-30-26-13-5-7-15-31(26)36(35(27)30)32-16-8-6-14-28(32)34-25-12-4-2-10-23(25)18-20-33(34)36;1-2-11-24-20-29-25(19-23(24)10-1)21-30-27-13-5-7-15-31(27)36(35(29)30)32-16-8-6-14-28(32)34-26-12-4-3-9-22(26)17-18-33(34)36;4*1-3-2;4*1-2/h2*1-20,30,35H,21H2;4*3H2,1-2H3;4*1-2H3. The van der Waals surface area contributed by atoms with E-state index in [-0.39, 0.29) is 10.8 Å². The monoisotopic (exact) mass is 1210 g/mol. The molecule has 0 heterocycles. The quantitative estimate of drug-likeness (QED) is 0.142. The summed E-state index contributed by atoms with van der Waals surface area (Å²) >= 11 is 0. The molecule has 12 aromatic rings. The van der Waals surface area contributed by atoms with E-state index in [4.69, 9.17) is 0 Å². The molecule has 0 N–H and O–H groups in total. The highest BCUT2D eigenvalue weighted by atomic mass is 14.6. The lowest BCUT2D eigenvalue weighted by atomic mass is 9.65. The van der Waals surface area contributed by atoms with Gasteiger partial charge >= 0.3 is 0 Å². The van der Waals surface area contributed by atoms with Gasteiger partial charge in [-0.05, 0) is 157 Å². The predicted molar refractivity (Wildman–Crippen MR) is 407 cm³/mol. The number of fused-ring (bicyclic) bond motifs is 31. The van der Waals surface area contributed by atoms with Gasteiger partial charge in [-0.3, -0.25) is 0 Å². The van der Waals surface area contributed by atoms with Crippen LogP contribution in [-0.4, -0.2) is 0 Å². The Hall–Kier alpha value is -8.32. The molecule has 0 aliphatic heterocycles. The highest BCUT2D eigenvalue weighted by Gasteiger charge is 2.62. The van der Waals surface area contributed by atoms with Gasteiger partial charge in [0.2, 0.25) is 0 Å². The zero-order chi connectivity index (χ0) is 65.7. The van der Waals surface area contributed by atoms with E-state index in [2.05, 4.69) is 298 Å². The van der Waals surface area contributed by atoms with E-state index >= 15 is 0 Å². The fourth-order valence-electron chi connectivity index (χ4n) is 16.5. The molecule has 0 radical (unpaired) electrons. The minimum atomic E-state index is -0.162. The van der Waals surface area contributed by atoms with Gasteiger partial charge in [-0.15, -0.1) is 0 Å². The van der Waals surface area contributed by atoms with Crippen LogP contribution >= 0.6 is 0 Å². The Morgan fingerprint density at radius 1 is 0.272 bits per heavy atom. The fraction of sp³-hybridized carbons (Fsp3) is 0.304. The summed E-state index contributed by atoms with van der Waals surface area (Å²) in [5.74, 6) is 1.79. The van der Waals surface area contributed by atoms with Crippen molar-refractivity contribution in [2.75, 3.05) is 0 Å². The van der Waals surface area contributed by atoms with Crippen LogP contribution in [0.15, 0.2) is 243 Å². The molecular weight excluding hydrogens is 1110 g/mol. The van der Waals surface area contributed by atoms with Crippen molar-refractivity contribution in [1.29, 1.82) is 0 Å². The molecule has 0 saturated carbocycles. The van der Waals surface area contributed by atoms with Gasteiger partial charge in [-0.1, -0.05) is 379 Å². The van der Waals surface area contributed by atoms with Gasteiger partial charge in [0.05, 0.1) is 10.8 Å². The van der Waals surface area contributed by atoms with Crippen molar-refractivity contribution in [1.82, 2.24) is 0 Å². The lowest BCUT2D eigenvalue weighted by molar-refractivity contribution is 0.490. The molecule has 92 heavy (non-hydrogen) atoms. The number of rotatable bonds is 0. The van der Waals surface area contributed by atoms with E-state index < -0.39 is 0 Å². The van der Waals surface area contributed by atoms with Crippen LogP contribution in [0.25, 0.3) is 65.3 Å². The van der Waals surface area contributed by atoms with Crippen molar-refractivity contribution in [2.45, 2.75) is 184 Å². The van der Waals surface area contributed by atoms with Crippen molar-refractivity contribution in [3.8, 4) is 22.3 Å². The van der Waals surface area contributed by atoms with Crippen molar-refractivity contribution >= 4 is 43.1 Å². The summed E-state index contributed by atoms with van der Waals surface area (Å²) in [6.45, 7) is 33.0. The van der Waals surface area contributed by atoms with E-state index in [0.29, 0.717) is 23.7 Å². The zero-order valence-electron chi connectivity index (χ0n) is 58.6. The number of hydrogen-bond acceptors (Lipinski definition) is 0. The summed E-state index contributed by atoms with van der Waals surface area (Å²) in [6.07, 6.45) is 7.24. The Bertz CT molecular complexity index is 4250. The minimum Gasteiger partial charge on any atom is -0.0683 e. The molecule has 12 aromatic carbocycles. The van der Waals surface area contributed by atoms with Gasteiger partial charge in [0, 0.05) is 11.8 Å². The molecule has 0 saturated heterocycles. The maximum Gasteiger partial charge on any atom is 0.0541 e. The van der Waals surface area contributed by atoms with Crippen LogP contribution < -0.4 is 0 Å². The van der Waals surface area contributed by atoms with Crippen LogP contribution in [0, 0.1) is 0 Å². The lowest BCUT2D eigenvalue weighted by Gasteiger charge is -2.36. The molecule has 0 aromatic heterocycles. The molecule has 6 aliphatic rings. The third-order valence-corrected chi connectivity index (χ3v) is 18.9. The first-order chi connectivity index (χ1) is 45.4. The first kappa shape index (κ1) is 68.1. The molecule has 18 rings (SSSR count). The molecule has 472 valence electrons. The topological polar surface area (TPSA) is 0 Å². The third-order valence-electron chi connectivity index (χ3n) is 18.9. The fourth-order valence-corrected chi connectivity index (χ4v) is 16.5. The van der Waals surface area contributed by atoms with Crippen LogP contribution in [0.3, 0.4) is 0 Å². The summed E-state index contributed by atoms with van der Waals surface area (Å²) in [4.78, 5) is 0. The van der Waals surface area contributed by atoms with Crippen molar-refractivity contribution in [2.24, 2.45) is 0 Å². The summed E-state index contributed by atoms with van der Waals surface area (Å²) in [5, 5.41) is 10.9. The molecule has 0 nitrogen and oxygen atoms in total. The van der Waals surface area contributed by atoms with Gasteiger partial charge in [-0.25, -0.2) is 0 Å². The van der Waals surface area contributed by atoms with E-state index in [9.17, 15) is 0 Å². The summed E-state index contributed by atoms with van der Waals surface area (Å²) in [6, 6.07) is 92.3. The van der Waals surface area contributed by atoms with Gasteiger partial charge in [0.15, 0.2) is 0 Å². The largest absolute Gasteiger partial charge is 0.0683 e. The van der Waals surface area contributed by atoms with Crippen molar-refractivity contribution < 1.29 is 0 Å². The smallest absolute Gasteiger partial charge is 0.0541 e. The number of benzene rings is 12. The van der Waals surface area contributed by atoms with Crippen molar-refractivity contribution in [3.05, 3.63) is 309 Å². The molecular formula is C92H104. The molecule has 0 heteroatoms. The van der Waals surface area contributed by atoms with Crippen LogP contribution in [0.5, 0.6) is 0 Å². The van der Waals surface area contributed by atoms with Crippen LogP contribution in [-0.2, 0) is 23.7 Å². The molecule has 6 atom stereocenters. The Morgan fingerprint density at radius 3 is 1.05 bits per heavy atom. The summed E-state index contributed by atoms with van der Waals surface area (Å²) < 4.78 is 0. The lowest BCUT2D eigenvalue weighted by Crippen LogP contribution is -2.31. The highest BCUT2D eigenvalue weighted by Crippen LogP contribution is 2.72. The zero-order valence-corrected chi connectivity index (χ0v) is 58.6. The molecule has 6 aliphatic carbocycles. The average Bonchev–Trinajstić information content (AvgIpc) is 1.50. The van der Waals surface area contributed by atoms with Crippen LogP contribution in [0.1, 0.15) is 227 Å². The second-order valence-electron chi connectivity index (χ2n) is 24.5. The molecule has 6 unspecified atom stereocenters. The van der Waals surface area contributed by atoms with Crippen LogP contribution in [0.2, 0.25) is 0 Å². The Labute approximate surface area is 555 Å². The first-order valence-corrected chi connectivity index (χ1v) is 35.8. The maximum absolute atomic E-state index is 2.52. The molecule has 2 spiro atoms. The van der Waals surface area contributed by atoms with Crippen molar-refractivity contribution in [3.63, 3.8) is 0 Å². The van der Waals surface area contributed by atoms with Crippen LogP contribution in [0.4, 0.5) is 0 Å². The van der Waals surface area contributed by atoms with Gasteiger partial charge in [0.25, 0.3) is 0 Å². The minimum absolute atomic E-state index is 0.162. The Morgan fingerprint density at radius 2 is 0.598 bits per heavy atom. The van der Waals surface area contributed by atoms with E-state index in [0.717, 1.165) is 12.8 Å². The molecule has 0 bridgehead atoms. The van der Waals surface area contributed by atoms with Gasteiger partial charge in [-0.2, -0.15) is 0 Å². The second-order valence-corrected chi connectivity index (χ2v) is 24.5. The van der Waals surface area contributed by atoms with Gasteiger partial charge < -0.3 is 0 Å². The highest BCUT2D eigenvalue weighted by molar-refractivity contribution is 6.06. The maximum atomic E-state index is 2.52. The van der Waals surface area contributed by atoms with E-state index in [1.54, 1.807) is 27.8 Å². The Kier molecular flexibility index (Phi) is 22.8. The average molecular weight is 1210 g/mol.